The van der Waals surface area contributed by atoms with Gasteiger partial charge in [-0.15, -0.1) is 0 Å². The van der Waals surface area contributed by atoms with Gasteiger partial charge in [0.1, 0.15) is 5.75 Å². The second kappa shape index (κ2) is 7.41. The summed E-state index contributed by atoms with van der Waals surface area (Å²) in [4.78, 5) is 23.6. The summed E-state index contributed by atoms with van der Waals surface area (Å²) >= 11 is 0. The summed E-state index contributed by atoms with van der Waals surface area (Å²) in [7, 11) is 1.61. The first kappa shape index (κ1) is 15.8. The number of ether oxygens (including phenoxy) is 1. The largest absolute Gasteiger partial charge is 0.496 e. The summed E-state index contributed by atoms with van der Waals surface area (Å²) < 4.78 is 5.27. The lowest BCUT2D eigenvalue weighted by atomic mass is 10.1. The lowest BCUT2D eigenvalue weighted by Crippen LogP contribution is -2.14. The first-order valence-electron chi connectivity index (χ1n) is 7.13. The monoisotopic (exact) mass is 297 g/mol. The number of Topliss-reactive ketones (excluding diaryl/α,β-unsaturated/α-hetero) is 1. The predicted molar refractivity (Wildman–Crippen MR) is 86.4 cm³/mol. The van der Waals surface area contributed by atoms with Gasteiger partial charge in [-0.1, -0.05) is 30.3 Å². The molecule has 0 bridgehead atoms. The molecule has 4 heteroatoms. The number of anilines is 1. The van der Waals surface area contributed by atoms with E-state index in [-0.39, 0.29) is 11.7 Å². The Kier molecular flexibility index (Phi) is 5.31. The number of ketones is 1. The number of rotatable bonds is 6. The van der Waals surface area contributed by atoms with Crippen molar-refractivity contribution in [3.05, 3.63) is 59.7 Å². The van der Waals surface area contributed by atoms with Gasteiger partial charge in [-0.25, -0.2) is 0 Å². The van der Waals surface area contributed by atoms with Crippen molar-refractivity contribution in [1.29, 1.82) is 0 Å². The van der Waals surface area contributed by atoms with Gasteiger partial charge in [-0.05, 0) is 37.1 Å². The van der Waals surface area contributed by atoms with Crippen molar-refractivity contribution in [2.45, 2.75) is 19.8 Å². The van der Waals surface area contributed by atoms with E-state index >= 15 is 0 Å². The van der Waals surface area contributed by atoms with Gasteiger partial charge in [0.25, 0.3) is 0 Å². The summed E-state index contributed by atoms with van der Waals surface area (Å²) in [6.45, 7) is 1.49. The molecular formula is C18H19NO3. The summed E-state index contributed by atoms with van der Waals surface area (Å²) in [6, 6.07) is 14.6. The number of aryl methyl sites for hydroxylation is 1. The normalized spacial score (nSPS) is 10.1. The van der Waals surface area contributed by atoms with Crippen molar-refractivity contribution in [2.24, 2.45) is 0 Å². The summed E-state index contributed by atoms with van der Waals surface area (Å²) in [5, 5.41) is 2.80. The van der Waals surface area contributed by atoms with E-state index in [4.69, 9.17) is 4.74 Å². The topological polar surface area (TPSA) is 55.4 Å². The molecule has 0 aliphatic rings. The van der Waals surface area contributed by atoms with Gasteiger partial charge >= 0.3 is 0 Å². The van der Waals surface area contributed by atoms with E-state index in [1.54, 1.807) is 31.4 Å². The lowest BCUT2D eigenvalue weighted by Gasteiger charge is -2.10. The number of nitrogens with one attached hydrogen (secondary N) is 1. The van der Waals surface area contributed by atoms with Crippen LogP contribution in [0.15, 0.2) is 48.5 Å². The highest BCUT2D eigenvalue weighted by Crippen LogP contribution is 2.20. The molecule has 0 unspecified atom stereocenters. The van der Waals surface area contributed by atoms with Crippen LogP contribution >= 0.6 is 0 Å². The Balaban J connectivity index is 2.01. The molecule has 0 aliphatic carbocycles. The third kappa shape index (κ3) is 3.95. The van der Waals surface area contributed by atoms with Crippen molar-refractivity contribution < 1.29 is 14.3 Å². The molecule has 1 amide bonds. The fourth-order valence-corrected chi connectivity index (χ4v) is 2.27. The zero-order valence-corrected chi connectivity index (χ0v) is 12.8. The average Bonchev–Trinajstić information content (AvgIpc) is 2.53. The molecule has 0 saturated heterocycles. The van der Waals surface area contributed by atoms with Crippen LogP contribution in [-0.2, 0) is 11.2 Å². The maximum atomic E-state index is 12.1. The standard InChI is InChI=1S/C18H19NO3/c1-13(20)15-8-4-5-9-16(15)19-18(21)12-11-14-7-3-6-10-17(14)22-2/h3-10H,11-12H2,1-2H3,(H,19,21). The van der Waals surface area contributed by atoms with Crippen LogP contribution in [0.2, 0.25) is 0 Å². The molecule has 114 valence electrons. The van der Waals surface area contributed by atoms with Gasteiger partial charge in [-0.2, -0.15) is 0 Å². The molecule has 0 heterocycles. The Morgan fingerprint density at radius 3 is 2.45 bits per heavy atom. The minimum atomic E-state index is -0.125. The highest BCUT2D eigenvalue weighted by molar-refractivity contribution is 6.03. The predicted octanol–water partition coefficient (Wildman–Crippen LogP) is 3.47. The quantitative estimate of drug-likeness (QED) is 0.831. The highest BCUT2D eigenvalue weighted by atomic mass is 16.5. The van der Waals surface area contributed by atoms with Crippen molar-refractivity contribution in [2.75, 3.05) is 12.4 Å². The molecule has 0 radical (unpaired) electrons. The molecule has 0 atom stereocenters. The first-order chi connectivity index (χ1) is 10.6. The van der Waals surface area contributed by atoms with E-state index in [0.717, 1.165) is 11.3 Å². The molecule has 4 nitrogen and oxygen atoms in total. The van der Waals surface area contributed by atoms with Gasteiger partial charge < -0.3 is 10.1 Å². The van der Waals surface area contributed by atoms with Crippen molar-refractivity contribution in [3.8, 4) is 5.75 Å². The lowest BCUT2D eigenvalue weighted by molar-refractivity contribution is -0.116. The molecule has 2 rings (SSSR count). The Hall–Kier alpha value is -2.62. The minimum absolute atomic E-state index is 0.0689. The molecule has 2 aromatic carbocycles. The van der Waals surface area contributed by atoms with Gasteiger partial charge in [0.05, 0.1) is 12.8 Å². The zero-order valence-electron chi connectivity index (χ0n) is 12.8. The van der Waals surface area contributed by atoms with Crippen molar-refractivity contribution >= 4 is 17.4 Å². The van der Waals surface area contributed by atoms with E-state index in [2.05, 4.69) is 5.32 Å². The summed E-state index contributed by atoms with van der Waals surface area (Å²) in [5.74, 6) is 0.583. The van der Waals surface area contributed by atoms with Gasteiger partial charge in [0, 0.05) is 12.0 Å². The third-order valence-electron chi connectivity index (χ3n) is 3.39. The minimum Gasteiger partial charge on any atom is -0.496 e. The smallest absolute Gasteiger partial charge is 0.224 e. The molecule has 0 spiro atoms. The molecule has 2 aromatic rings. The van der Waals surface area contributed by atoms with Gasteiger partial charge in [0.15, 0.2) is 5.78 Å². The molecule has 0 saturated carbocycles. The van der Waals surface area contributed by atoms with Gasteiger partial charge in [-0.3, -0.25) is 9.59 Å². The van der Waals surface area contributed by atoms with Crippen LogP contribution in [0, 0.1) is 0 Å². The molecule has 0 fully saturated rings. The average molecular weight is 297 g/mol. The molecule has 0 aliphatic heterocycles. The second-order valence-electron chi connectivity index (χ2n) is 4.96. The molecule has 22 heavy (non-hydrogen) atoms. The Bertz CT molecular complexity index is 680. The van der Waals surface area contributed by atoms with E-state index in [0.29, 0.717) is 24.1 Å². The Morgan fingerprint density at radius 2 is 1.73 bits per heavy atom. The molecular weight excluding hydrogens is 278 g/mol. The van der Waals surface area contributed by atoms with Crippen LogP contribution in [0.5, 0.6) is 5.75 Å². The number of methoxy groups -OCH3 is 1. The third-order valence-corrected chi connectivity index (χ3v) is 3.39. The molecule has 1 N–H and O–H groups in total. The number of hydrogen-bond acceptors (Lipinski definition) is 3. The number of para-hydroxylation sites is 2. The molecule has 0 aromatic heterocycles. The summed E-state index contributed by atoms with van der Waals surface area (Å²) in [6.07, 6.45) is 0.907. The Labute approximate surface area is 130 Å². The SMILES string of the molecule is COc1ccccc1CCC(=O)Nc1ccccc1C(C)=O. The number of carbonyl (C=O) groups is 2. The van der Waals surface area contributed by atoms with Crippen molar-refractivity contribution in [1.82, 2.24) is 0 Å². The second-order valence-corrected chi connectivity index (χ2v) is 4.96. The van der Waals surface area contributed by atoms with E-state index in [1.165, 1.54) is 6.92 Å². The van der Waals surface area contributed by atoms with Crippen LogP contribution in [0.1, 0.15) is 29.3 Å². The fourth-order valence-electron chi connectivity index (χ4n) is 2.27. The van der Waals surface area contributed by atoms with Crippen LogP contribution in [0.3, 0.4) is 0 Å². The van der Waals surface area contributed by atoms with E-state index in [1.807, 2.05) is 24.3 Å². The van der Waals surface area contributed by atoms with E-state index < -0.39 is 0 Å². The number of hydrogen-bond donors (Lipinski definition) is 1. The van der Waals surface area contributed by atoms with Gasteiger partial charge in [0.2, 0.25) is 5.91 Å². The van der Waals surface area contributed by atoms with Crippen LogP contribution in [0.25, 0.3) is 0 Å². The zero-order chi connectivity index (χ0) is 15.9. The van der Waals surface area contributed by atoms with E-state index in [9.17, 15) is 9.59 Å². The highest BCUT2D eigenvalue weighted by Gasteiger charge is 2.10. The van der Waals surface area contributed by atoms with Crippen molar-refractivity contribution in [3.63, 3.8) is 0 Å². The Morgan fingerprint density at radius 1 is 1.05 bits per heavy atom. The first-order valence-corrected chi connectivity index (χ1v) is 7.13. The number of benzene rings is 2. The van der Waals surface area contributed by atoms with Crippen LogP contribution in [-0.4, -0.2) is 18.8 Å². The maximum absolute atomic E-state index is 12.1. The van der Waals surface area contributed by atoms with Crippen LogP contribution < -0.4 is 10.1 Å². The maximum Gasteiger partial charge on any atom is 0.224 e. The number of amides is 1. The number of carbonyl (C=O) groups excluding carboxylic acids is 2. The summed E-state index contributed by atoms with van der Waals surface area (Å²) in [5.41, 5.74) is 2.06. The van der Waals surface area contributed by atoms with Crippen LogP contribution in [0.4, 0.5) is 5.69 Å². The fraction of sp³-hybridized carbons (Fsp3) is 0.222.